The number of hydrogen-bond acceptors (Lipinski definition) is 4. The Morgan fingerprint density at radius 1 is 1.13 bits per heavy atom. The normalized spacial score (nSPS) is 14.7. The maximum atomic E-state index is 13.5. The number of anilines is 1. The van der Waals surface area contributed by atoms with Crippen LogP contribution in [0.5, 0.6) is 0 Å². The molecule has 1 aromatic heterocycles. The van der Waals surface area contributed by atoms with E-state index in [1.54, 1.807) is 11.0 Å². The van der Waals surface area contributed by atoms with Gasteiger partial charge in [0, 0.05) is 42.0 Å². The van der Waals surface area contributed by atoms with Crippen molar-refractivity contribution in [2.45, 2.75) is 13.3 Å². The molecule has 0 saturated carbocycles. The van der Waals surface area contributed by atoms with E-state index < -0.39 is 0 Å². The number of carbonyl (C=O) groups excluding carboxylic acids is 2. The van der Waals surface area contributed by atoms with Gasteiger partial charge < -0.3 is 10.2 Å². The molecule has 8 heteroatoms. The summed E-state index contributed by atoms with van der Waals surface area (Å²) in [5, 5.41) is 4.06. The molecule has 1 fully saturated rings. The Labute approximate surface area is 189 Å². The van der Waals surface area contributed by atoms with Crippen LogP contribution in [0.3, 0.4) is 0 Å². The Morgan fingerprint density at radius 2 is 1.87 bits per heavy atom. The monoisotopic (exact) mass is 459 g/mol. The van der Waals surface area contributed by atoms with Gasteiger partial charge in [-0.3, -0.25) is 14.5 Å². The van der Waals surface area contributed by atoms with Crippen LogP contribution in [-0.4, -0.2) is 54.3 Å². The Morgan fingerprint density at radius 3 is 2.61 bits per heavy atom. The third kappa shape index (κ3) is 4.74. The van der Waals surface area contributed by atoms with Gasteiger partial charge in [-0.05, 0) is 36.2 Å². The predicted octanol–water partition coefficient (Wildman–Crippen LogP) is 4.65. The van der Waals surface area contributed by atoms with Crippen molar-refractivity contribution in [1.82, 2.24) is 9.80 Å². The fourth-order valence-corrected chi connectivity index (χ4v) is 5.28. The molecule has 3 aromatic rings. The number of benzene rings is 2. The number of halogens is 2. The Kier molecular flexibility index (Phi) is 6.55. The summed E-state index contributed by atoms with van der Waals surface area (Å²) in [5.41, 5.74) is 1.95. The fraction of sp³-hybridized carbons (Fsp3) is 0.304. The van der Waals surface area contributed by atoms with Crippen molar-refractivity contribution in [3.63, 3.8) is 0 Å². The number of hydrogen-bond donors (Lipinski definition) is 1. The fourth-order valence-electron chi connectivity index (χ4n) is 3.77. The molecule has 0 bridgehead atoms. The minimum atomic E-state index is -0.349. The minimum Gasteiger partial charge on any atom is -0.335 e. The summed E-state index contributed by atoms with van der Waals surface area (Å²) < 4.78 is 14.2. The molecule has 0 atom stereocenters. The number of piperazine rings is 1. The van der Waals surface area contributed by atoms with Crippen LogP contribution in [0.25, 0.3) is 10.1 Å². The van der Waals surface area contributed by atoms with E-state index in [-0.39, 0.29) is 24.2 Å². The molecule has 0 radical (unpaired) electrons. The SMILES string of the molecule is CCc1ccccc1NC(=O)CN1CCN(C(=O)c2sc3cc(F)ccc3c2Cl)CC1. The number of amides is 2. The van der Waals surface area contributed by atoms with Crippen LogP contribution in [0.1, 0.15) is 22.2 Å². The molecule has 2 heterocycles. The third-order valence-corrected chi connectivity index (χ3v) is 7.13. The summed E-state index contributed by atoms with van der Waals surface area (Å²) in [6, 6.07) is 12.1. The van der Waals surface area contributed by atoms with Gasteiger partial charge in [-0.1, -0.05) is 36.7 Å². The molecule has 2 aromatic carbocycles. The number of rotatable bonds is 5. The Bertz CT molecular complexity index is 1130. The van der Waals surface area contributed by atoms with E-state index in [0.717, 1.165) is 17.7 Å². The second-order valence-corrected chi connectivity index (χ2v) is 8.94. The molecule has 1 aliphatic rings. The Hall–Kier alpha value is -2.48. The summed E-state index contributed by atoms with van der Waals surface area (Å²) >= 11 is 7.61. The zero-order valence-corrected chi connectivity index (χ0v) is 18.7. The number of nitrogens with one attached hydrogen (secondary N) is 1. The van der Waals surface area contributed by atoms with E-state index in [9.17, 15) is 14.0 Å². The minimum absolute atomic E-state index is 0.0600. The highest BCUT2D eigenvalue weighted by Gasteiger charge is 2.27. The molecule has 1 saturated heterocycles. The molecular formula is C23H23ClFN3O2S. The van der Waals surface area contributed by atoms with Gasteiger partial charge in [-0.15, -0.1) is 11.3 Å². The second kappa shape index (κ2) is 9.34. The summed E-state index contributed by atoms with van der Waals surface area (Å²) in [5.74, 6) is -0.555. The largest absolute Gasteiger partial charge is 0.335 e. The maximum absolute atomic E-state index is 13.5. The number of carbonyl (C=O) groups is 2. The van der Waals surface area contributed by atoms with E-state index >= 15 is 0 Å². The van der Waals surface area contributed by atoms with Gasteiger partial charge in [-0.2, -0.15) is 0 Å². The zero-order valence-electron chi connectivity index (χ0n) is 17.2. The van der Waals surface area contributed by atoms with Crippen molar-refractivity contribution < 1.29 is 14.0 Å². The third-order valence-electron chi connectivity index (χ3n) is 5.48. The second-order valence-electron chi connectivity index (χ2n) is 7.51. The van der Waals surface area contributed by atoms with E-state index in [1.165, 1.54) is 23.5 Å². The first-order chi connectivity index (χ1) is 15.0. The van der Waals surface area contributed by atoms with Crippen LogP contribution in [-0.2, 0) is 11.2 Å². The lowest BCUT2D eigenvalue weighted by molar-refractivity contribution is -0.117. The number of fused-ring (bicyclic) bond motifs is 1. The van der Waals surface area contributed by atoms with E-state index in [1.807, 2.05) is 29.2 Å². The molecule has 31 heavy (non-hydrogen) atoms. The molecule has 2 amide bonds. The quantitative estimate of drug-likeness (QED) is 0.604. The highest BCUT2D eigenvalue weighted by molar-refractivity contribution is 7.21. The van der Waals surface area contributed by atoms with E-state index in [4.69, 9.17) is 11.6 Å². The molecule has 0 spiro atoms. The summed E-state index contributed by atoms with van der Waals surface area (Å²) in [6.45, 7) is 4.56. The van der Waals surface area contributed by atoms with Crippen LogP contribution in [0.15, 0.2) is 42.5 Å². The van der Waals surface area contributed by atoms with E-state index in [2.05, 4.69) is 12.2 Å². The summed E-state index contributed by atoms with van der Waals surface area (Å²) in [6.07, 6.45) is 0.851. The maximum Gasteiger partial charge on any atom is 0.265 e. The van der Waals surface area contributed by atoms with Crippen molar-refractivity contribution in [2.24, 2.45) is 0 Å². The van der Waals surface area contributed by atoms with Crippen molar-refractivity contribution in [2.75, 3.05) is 38.0 Å². The molecular weight excluding hydrogens is 437 g/mol. The van der Waals surface area contributed by atoms with Gasteiger partial charge >= 0.3 is 0 Å². The molecule has 1 N–H and O–H groups in total. The van der Waals surface area contributed by atoms with Crippen LogP contribution in [0.2, 0.25) is 5.02 Å². The molecule has 1 aliphatic heterocycles. The number of aryl methyl sites for hydroxylation is 1. The number of nitrogens with zero attached hydrogens (tertiary/aromatic N) is 2. The smallest absolute Gasteiger partial charge is 0.265 e. The lowest BCUT2D eigenvalue weighted by atomic mass is 10.1. The molecule has 5 nitrogen and oxygen atoms in total. The van der Waals surface area contributed by atoms with Crippen molar-refractivity contribution in [1.29, 1.82) is 0 Å². The van der Waals surface area contributed by atoms with Crippen LogP contribution in [0.4, 0.5) is 10.1 Å². The lowest BCUT2D eigenvalue weighted by Gasteiger charge is -2.34. The first-order valence-corrected chi connectivity index (χ1v) is 11.4. The zero-order chi connectivity index (χ0) is 22.0. The van der Waals surface area contributed by atoms with Crippen molar-refractivity contribution >= 4 is 50.5 Å². The van der Waals surface area contributed by atoms with Crippen LogP contribution >= 0.6 is 22.9 Å². The summed E-state index contributed by atoms with van der Waals surface area (Å²) in [7, 11) is 0. The highest BCUT2D eigenvalue weighted by atomic mass is 35.5. The summed E-state index contributed by atoms with van der Waals surface area (Å²) in [4.78, 5) is 29.7. The van der Waals surface area contributed by atoms with Gasteiger partial charge in [0.2, 0.25) is 5.91 Å². The predicted molar refractivity (Wildman–Crippen MR) is 124 cm³/mol. The average Bonchev–Trinajstić information content (AvgIpc) is 3.09. The molecule has 0 unspecified atom stereocenters. The first kappa shape index (κ1) is 21.7. The van der Waals surface area contributed by atoms with Crippen molar-refractivity contribution in [3.05, 3.63) is 63.7 Å². The van der Waals surface area contributed by atoms with Gasteiger partial charge in [0.25, 0.3) is 5.91 Å². The van der Waals surface area contributed by atoms with Gasteiger partial charge in [0.05, 0.1) is 11.6 Å². The molecule has 162 valence electrons. The van der Waals surface area contributed by atoms with Gasteiger partial charge in [0.15, 0.2) is 0 Å². The Balaban J connectivity index is 1.35. The topological polar surface area (TPSA) is 52.7 Å². The average molecular weight is 460 g/mol. The van der Waals surface area contributed by atoms with Crippen LogP contribution < -0.4 is 5.32 Å². The van der Waals surface area contributed by atoms with Gasteiger partial charge in [-0.25, -0.2) is 4.39 Å². The lowest BCUT2D eigenvalue weighted by Crippen LogP contribution is -2.50. The number of thiophene rings is 1. The van der Waals surface area contributed by atoms with Gasteiger partial charge in [0.1, 0.15) is 10.7 Å². The van der Waals surface area contributed by atoms with Crippen molar-refractivity contribution in [3.8, 4) is 0 Å². The van der Waals surface area contributed by atoms with E-state index in [0.29, 0.717) is 46.2 Å². The highest BCUT2D eigenvalue weighted by Crippen LogP contribution is 2.36. The molecule has 4 rings (SSSR count). The standard InChI is InChI=1S/C23H23ClFN3O2S/c1-2-15-5-3-4-6-18(15)26-20(29)14-27-9-11-28(12-10-27)23(30)22-21(24)17-8-7-16(25)13-19(17)31-22/h3-8,13H,2,9-12,14H2,1H3,(H,26,29). The molecule has 0 aliphatic carbocycles. The first-order valence-electron chi connectivity index (χ1n) is 10.2. The number of para-hydroxylation sites is 1. The van der Waals surface area contributed by atoms with Crippen LogP contribution in [0, 0.1) is 5.82 Å².